The topological polar surface area (TPSA) is 35.2 Å². The van der Waals surface area contributed by atoms with Crippen molar-refractivity contribution in [2.45, 2.75) is 13.2 Å². The van der Waals surface area contributed by atoms with Gasteiger partial charge in [-0.2, -0.15) is 0 Å². The van der Waals surface area contributed by atoms with Gasteiger partial charge in [0.15, 0.2) is 0 Å². The summed E-state index contributed by atoms with van der Waals surface area (Å²) < 4.78 is 5.72. The molecule has 2 nitrogen and oxygen atoms in total. The summed E-state index contributed by atoms with van der Waals surface area (Å²) in [6.45, 7) is 0.630. The predicted octanol–water partition coefficient (Wildman–Crippen LogP) is 4.68. The molecule has 0 aliphatic heterocycles. The highest BCUT2D eigenvalue weighted by atomic mass is 35.5. The monoisotopic (exact) mass is 315 g/mol. The summed E-state index contributed by atoms with van der Waals surface area (Å²) in [5, 5.41) is 1.83. The minimum Gasteiger partial charge on any atom is -0.488 e. The number of hydrogen-bond acceptors (Lipinski definition) is 2. The van der Waals surface area contributed by atoms with Crippen molar-refractivity contribution in [2.24, 2.45) is 5.73 Å². The van der Waals surface area contributed by atoms with E-state index < -0.39 is 0 Å². The van der Waals surface area contributed by atoms with Gasteiger partial charge in [-0.15, -0.1) is 0 Å². The molecule has 0 unspecified atom stereocenters. The van der Waals surface area contributed by atoms with Crippen LogP contribution < -0.4 is 10.5 Å². The molecule has 5 heteroatoms. The highest BCUT2D eigenvalue weighted by Crippen LogP contribution is 2.28. The summed E-state index contributed by atoms with van der Waals surface area (Å²) in [6, 6.07) is 10.7. The van der Waals surface area contributed by atoms with E-state index in [0.29, 0.717) is 34.0 Å². The van der Waals surface area contributed by atoms with E-state index in [-0.39, 0.29) is 0 Å². The fraction of sp³-hybridized carbons (Fsp3) is 0.143. The Morgan fingerprint density at radius 2 is 1.79 bits per heavy atom. The second-order valence-electron chi connectivity index (χ2n) is 3.95. The van der Waals surface area contributed by atoms with E-state index in [4.69, 9.17) is 45.3 Å². The molecular formula is C14H12Cl3NO. The first-order valence-corrected chi connectivity index (χ1v) is 6.79. The third-order valence-electron chi connectivity index (χ3n) is 2.67. The number of halogens is 3. The summed E-state index contributed by atoms with van der Waals surface area (Å²) in [4.78, 5) is 0. The first-order chi connectivity index (χ1) is 9.11. The number of rotatable bonds is 4. The van der Waals surface area contributed by atoms with Crippen molar-refractivity contribution in [2.75, 3.05) is 0 Å². The Bertz CT molecular complexity index is 587. The van der Waals surface area contributed by atoms with Gasteiger partial charge in [-0.1, -0.05) is 40.9 Å². The van der Waals surface area contributed by atoms with E-state index >= 15 is 0 Å². The van der Waals surface area contributed by atoms with Crippen LogP contribution in [0.4, 0.5) is 0 Å². The van der Waals surface area contributed by atoms with Crippen molar-refractivity contribution in [3.63, 3.8) is 0 Å². The van der Waals surface area contributed by atoms with E-state index in [2.05, 4.69) is 0 Å². The van der Waals surface area contributed by atoms with Crippen LogP contribution in [-0.4, -0.2) is 0 Å². The van der Waals surface area contributed by atoms with Crippen LogP contribution in [0.2, 0.25) is 15.1 Å². The molecule has 0 aliphatic rings. The molecule has 19 heavy (non-hydrogen) atoms. The zero-order chi connectivity index (χ0) is 13.8. The highest BCUT2D eigenvalue weighted by Gasteiger charge is 2.08. The lowest BCUT2D eigenvalue weighted by Crippen LogP contribution is -2.03. The Hall–Kier alpha value is -0.930. The molecule has 2 aromatic carbocycles. The van der Waals surface area contributed by atoms with Gasteiger partial charge in [0.1, 0.15) is 12.4 Å². The maximum Gasteiger partial charge on any atom is 0.125 e. The SMILES string of the molecule is NCc1c(Cl)cccc1OCc1cc(Cl)ccc1Cl. The van der Waals surface area contributed by atoms with Gasteiger partial charge in [0.05, 0.1) is 0 Å². The van der Waals surface area contributed by atoms with Gasteiger partial charge >= 0.3 is 0 Å². The van der Waals surface area contributed by atoms with Crippen LogP contribution in [0.25, 0.3) is 0 Å². The van der Waals surface area contributed by atoms with Crippen molar-refractivity contribution >= 4 is 34.8 Å². The number of hydrogen-bond donors (Lipinski definition) is 1. The fourth-order valence-corrected chi connectivity index (χ4v) is 2.29. The first kappa shape index (κ1) is 14.5. The first-order valence-electron chi connectivity index (χ1n) is 5.66. The minimum atomic E-state index is 0.312. The third kappa shape index (κ3) is 3.54. The zero-order valence-electron chi connectivity index (χ0n) is 10.00. The van der Waals surface area contributed by atoms with Crippen LogP contribution in [0.15, 0.2) is 36.4 Å². The van der Waals surface area contributed by atoms with Gasteiger partial charge < -0.3 is 10.5 Å². The molecule has 100 valence electrons. The second-order valence-corrected chi connectivity index (χ2v) is 5.20. The molecular weight excluding hydrogens is 305 g/mol. The van der Waals surface area contributed by atoms with Crippen LogP contribution in [-0.2, 0) is 13.2 Å². The Morgan fingerprint density at radius 3 is 2.53 bits per heavy atom. The lowest BCUT2D eigenvalue weighted by atomic mass is 10.2. The standard InChI is InChI=1S/C14H12Cl3NO/c15-10-4-5-12(16)9(6-10)8-19-14-3-1-2-13(17)11(14)7-18/h1-6H,7-8,18H2. The second kappa shape index (κ2) is 6.49. The number of benzene rings is 2. The van der Waals surface area contributed by atoms with E-state index in [1.54, 1.807) is 24.3 Å². The molecule has 0 amide bonds. The van der Waals surface area contributed by atoms with Crippen LogP contribution in [0.1, 0.15) is 11.1 Å². The largest absolute Gasteiger partial charge is 0.488 e. The average molecular weight is 317 g/mol. The summed E-state index contributed by atoms with van der Waals surface area (Å²) in [5.74, 6) is 0.658. The van der Waals surface area contributed by atoms with E-state index in [1.807, 2.05) is 12.1 Å². The zero-order valence-corrected chi connectivity index (χ0v) is 12.3. The van der Waals surface area contributed by atoms with E-state index in [0.717, 1.165) is 11.1 Å². The predicted molar refractivity (Wildman–Crippen MR) is 80.1 cm³/mol. The van der Waals surface area contributed by atoms with Gasteiger partial charge in [0.2, 0.25) is 0 Å². The van der Waals surface area contributed by atoms with E-state index in [9.17, 15) is 0 Å². The molecule has 0 aliphatic carbocycles. The Labute approximate surface area is 127 Å². The molecule has 0 saturated carbocycles. The van der Waals surface area contributed by atoms with Crippen molar-refractivity contribution in [1.29, 1.82) is 0 Å². The lowest BCUT2D eigenvalue weighted by Gasteiger charge is -2.12. The molecule has 0 atom stereocenters. The molecule has 2 rings (SSSR count). The summed E-state index contributed by atoms with van der Waals surface area (Å²) in [7, 11) is 0. The molecule has 0 fully saturated rings. The Kier molecular flexibility index (Phi) is 4.94. The summed E-state index contributed by atoms with van der Waals surface area (Å²) in [5.41, 5.74) is 7.26. The van der Waals surface area contributed by atoms with Gasteiger partial charge in [-0.05, 0) is 30.3 Å². The molecule has 0 aromatic heterocycles. The smallest absolute Gasteiger partial charge is 0.125 e. The van der Waals surface area contributed by atoms with Gasteiger partial charge in [-0.25, -0.2) is 0 Å². The Morgan fingerprint density at radius 1 is 1.00 bits per heavy atom. The molecule has 2 N–H and O–H groups in total. The van der Waals surface area contributed by atoms with E-state index in [1.165, 1.54) is 0 Å². The normalized spacial score (nSPS) is 10.5. The number of nitrogens with two attached hydrogens (primary N) is 1. The molecule has 0 radical (unpaired) electrons. The molecule has 0 saturated heterocycles. The minimum absolute atomic E-state index is 0.312. The molecule has 0 spiro atoms. The van der Waals surface area contributed by atoms with Gasteiger partial charge in [0.25, 0.3) is 0 Å². The van der Waals surface area contributed by atoms with Gasteiger partial charge in [0, 0.05) is 32.7 Å². The highest BCUT2D eigenvalue weighted by molar-refractivity contribution is 6.33. The van der Waals surface area contributed by atoms with Crippen LogP contribution >= 0.6 is 34.8 Å². The molecule has 0 heterocycles. The summed E-state index contributed by atoms with van der Waals surface area (Å²) >= 11 is 18.1. The van der Waals surface area contributed by atoms with Crippen molar-refractivity contribution < 1.29 is 4.74 Å². The number of ether oxygens (including phenoxy) is 1. The summed E-state index contributed by atoms with van der Waals surface area (Å²) in [6.07, 6.45) is 0. The van der Waals surface area contributed by atoms with Gasteiger partial charge in [-0.3, -0.25) is 0 Å². The molecule has 2 aromatic rings. The fourth-order valence-electron chi connectivity index (χ4n) is 1.68. The molecule has 0 bridgehead atoms. The average Bonchev–Trinajstić information content (AvgIpc) is 2.40. The van der Waals surface area contributed by atoms with Crippen LogP contribution in [0, 0.1) is 0 Å². The van der Waals surface area contributed by atoms with Crippen molar-refractivity contribution in [3.8, 4) is 5.75 Å². The van der Waals surface area contributed by atoms with Crippen molar-refractivity contribution in [3.05, 3.63) is 62.6 Å². The maximum atomic E-state index is 6.08. The van der Waals surface area contributed by atoms with Crippen molar-refractivity contribution in [1.82, 2.24) is 0 Å². The quantitative estimate of drug-likeness (QED) is 0.888. The Balaban J connectivity index is 2.19. The maximum absolute atomic E-state index is 6.08. The lowest BCUT2D eigenvalue weighted by molar-refractivity contribution is 0.303. The third-order valence-corrected chi connectivity index (χ3v) is 3.63. The van der Waals surface area contributed by atoms with Crippen LogP contribution in [0.5, 0.6) is 5.75 Å². The van der Waals surface area contributed by atoms with Crippen LogP contribution in [0.3, 0.4) is 0 Å².